The van der Waals surface area contributed by atoms with E-state index in [0.717, 1.165) is 11.5 Å². The van der Waals surface area contributed by atoms with E-state index < -0.39 is 5.97 Å². The molecule has 2 rings (SSSR count). The Morgan fingerprint density at radius 2 is 2.25 bits per heavy atom. The average molecular weight is 312 g/mol. The molecule has 1 fully saturated rings. The minimum absolute atomic E-state index is 0.126. The minimum atomic E-state index is -1.03. The fourth-order valence-electron chi connectivity index (χ4n) is 1.87. The Balaban J connectivity index is 1.95. The van der Waals surface area contributed by atoms with Gasteiger partial charge in [0.2, 0.25) is 0 Å². The second-order valence-electron chi connectivity index (χ2n) is 4.41. The molecule has 5 nitrogen and oxygen atoms in total. The van der Waals surface area contributed by atoms with Crippen LogP contribution in [-0.4, -0.2) is 51.0 Å². The summed E-state index contributed by atoms with van der Waals surface area (Å²) in [6.07, 6.45) is 0. The lowest BCUT2D eigenvalue weighted by Crippen LogP contribution is -2.34. The maximum absolute atomic E-state index is 12.0. The number of carbonyl (C=O) groups is 2. The Kier molecular flexibility index (Phi) is 5.31. The van der Waals surface area contributed by atoms with Crippen molar-refractivity contribution < 1.29 is 14.7 Å². The predicted molar refractivity (Wildman–Crippen MR) is 81.8 cm³/mol. The first-order chi connectivity index (χ1) is 9.58. The zero-order valence-electron chi connectivity index (χ0n) is 11.1. The fraction of sp³-hybridized carbons (Fsp3) is 0.462. The number of carboxylic acid groups (broad SMARTS) is 1. The normalized spacial score (nSPS) is 18.6. The third kappa shape index (κ3) is 3.89. The number of thioether (sulfide) groups is 2. The summed E-state index contributed by atoms with van der Waals surface area (Å²) in [7, 11) is 0. The third-order valence-corrected chi connectivity index (χ3v) is 5.77. The fourth-order valence-corrected chi connectivity index (χ4v) is 4.48. The van der Waals surface area contributed by atoms with Crippen LogP contribution in [0.1, 0.15) is 26.5 Å². The number of pyridine rings is 1. The number of rotatable bonds is 4. The summed E-state index contributed by atoms with van der Waals surface area (Å²) in [6, 6.07) is 2.87. The van der Waals surface area contributed by atoms with Crippen LogP contribution >= 0.6 is 23.5 Å². The molecule has 2 heterocycles. The Bertz CT molecular complexity index is 516. The summed E-state index contributed by atoms with van der Waals surface area (Å²) < 4.78 is 0. The Morgan fingerprint density at radius 1 is 1.45 bits per heavy atom. The van der Waals surface area contributed by atoms with E-state index in [2.05, 4.69) is 10.3 Å². The van der Waals surface area contributed by atoms with Crippen LogP contribution in [0, 0.1) is 6.92 Å². The maximum atomic E-state index is 12.0. The van der Waals surface area contributed by atoms with Crippen molar-refractivity contribution in [2.75, 3.05) is 23.8 Å². The molecule has 1 aromatic heterocycles. The molecule has 1 amide bonds. The molecular formula is C13H16N2O3S2. The molecule has 1 atom stereocenters. The van der Waals surface area contributed by atoms with E-state index in [4.69, 9.17) is 5.11 Å². The highest BCUT2D eigenvalue weighted by Crippen LogP contribution is 2.23. The number of aromatic carboxylic acids is 1. The molecule has 0 spiro atoms. The summed E-state index contributed by atoms with van der Waals surface area (Å²) >= 11 is 3.78. The molecule has 1 saturated heterocycles. The molecule has 1 aromatic rings. The number of carbonyl (C=O) groups excluding carboxylic acids is 1. The lowest BCUT2D eigenvalue weighted by atomic mass is 10.2. The van der Waals surface area contributed by atoms with Gasteiger partial charge in [-0.25, -0.2) is 9.78 Å². The van der Waals surface area contributed by atoms with Crippen LogP contribution in [0.25, 0.3) is 0 Å². The largest absolute Gasteiger partial charge is 0.478 e. The van der Waals surface area contributed by atoms with Crippen molar-refractivity contribution >= 4 is 35.4 Å². The molecule has 0 aromatic carbocycles. The highest BCUT2D eigenvalue weighted by atomic mass is 32.2. The van der Waals surface area contributed by atoms with Gasteiger partial charge in [-0.2, -0.15) is 23.5 Å². The first kappa shape index (κ1) is 15.2. The topological polar surface area (TPSA) is 79.3 Å². The summed E-state index contributed by atoms with van der Waals surface area (Å²) in [5.41, 5.74) is 0.745. The quantitative estimate of drug-likeness (QED) is 0.880. The molecular weight excluding hydrogens is 296 g/mol. The van der Waals surface area contributed by atoms with Gasteiger partial charge in [0.1, 0.15) is 5.69 Å². The van der Waals surface area contributed by atoms with E-state index in [1.54, 1.807) is 6.92 Å². The van der Waals surface area contributed by atoms with Crippen molar-refractivity contribution in [2.24, 2.45) is 0 Å². The Labute approximate surface area is 125 Å². The number of aryl methyl sites for hydroxylation is 1. The molecule has 7 heteroatoms. The van der Waals surface area contributed by atoms with E-state index in [1.165, 1.54) is 17.9 Å². The van der Waals surface area contributed by atoms with Crippen molar-refractivity contribution in [3.05, 3.63) is 29.1 Å². The molecule has 2 N–H and O–H groups in total. The number of amides is 1. The zero-order chi connectivity index (χ0) is 14.5. The number of aromatic nitrogens is 1. The molecule has 1 unspecified atom stereocenters. The van der Waals surface area contributed by atoms with Gasteiger partial charge in [-0.05, 0) is 19.1 Å². The molecule has 0 bridgehead atoms. The predicted octanol–water partition coefficient (Wildman–Crippen LogP) is 1.67. The van der Waals surface area contributed by atoms with Gasteiger partial charge in [0.25, 0.3) is 5.91 Å². The maximum Gasteiger partial charge on any atom is 0.337 e. The zero-order valence-corrected chi connectivity index (χ0v) is 12.7. The van der Waals surface area contributed by atoms with E-state index in [0.29, 0.717) is 17.5 Å². The van der Waals surface area contributed by atoms with Gasteiger partial charge >= 0.3 is 5.97 Å². The highest BCUT2D eigenvalue weighted by molar-refractivity contribution is 8.06. The minimum Gasteiger partial charge on any atom is -0.478 e. The van der Waals surface area contributed by atoms with Gasteiger partial charge in [0, 0.05) is 29.1 Å². The molecule has 0 radical (unpaired) electrons. The van der Waals surface area contributed by atoms with Gasteiger partial charge in [-0.15, -0.1) is 0 Å². The van der Waals surface area contributed by atoms with Crippen molar-refractivity contribution in [2.45, 2.75) is 12.2 Å². The SMILES string of the molecule is Cc1nc(C(=O)NCC2CSCCS2)ccc1C(=O)O. The molecule has 1 aliphatic heterocycles. The van der Waals surface area contributed by atoms with Crippen LogP contribution in [-0.2, 0) is 0 Å². The molecule has 108 valence electrons. The Hall–Kier alpha value is -1.21. The van der Waals surface area contributed by atoms with Crippen molar-refractivity contribution in [1.82, 2.24) is 10.3 Å². The van der Waals surface area contributed by atoms with Crippen LogP contribution in [0.15, 0.2) is 12.1 Å². The third-order valence-electron chi connectivity index (χ3n) is 2.92. The molecule has 20 heavy (non-hydrogen) atoms. The highest BCUT2D eigenvalue weighted by Gasteiger charge is 2.17. The van der Waals surface area contributed by atoms with Crippen LogP contribution in [0.5, 0.6) is 0 Å². The van der Waals surface area contributed by atoms with Gasteiger partial charge in [0.05, 0.1) is 11.3 Å². The van der Waals surface area contributed by atoms with Gasteiger partial charge < -0.3 is 10.4 Å². The Morgan fingerprint density at radius 3 is 2.85 bits per heavy atom. The molecule has 0 aliphatic carbocycles. The number of nitrogens with one attached hydrogen (secondary N) is 1. The summed E-state index contributed by atoms with van der Waals surface area (Å²) in [5.74, 6) is 2.07. The lowest BCUT2D eigenvalue weighted by molar-refractivity contribution is 0.0694. The number of carboxylic acids is 1. The van der Waals surface area contributed by atoms with Crippen LogP contribution < -0.4 is 5.32 Å². The summed E-state index contributed by atoms with van der Waals surface area (Å²) in [4.78, 5) is 26.9. The van der Waals surface area contributed by atoms with Gasteiger partial charge in [0.15, 0.2) is 0 Å². The van der Waals surface area contributed by atoms with Gasteiger partial charge in [-0.3, -0.25) is 4.79 Å². The van der Waals surface area contributed by atoms with E-state index >= 15 is 0 Å². The monoisotopic (exact) mass is 312 g/mol. The van der Waals surface area contributed by atoms with E-state index in [1.807, 2.05) is 23.5 Å². The van der Waals surface area contributed by atoms with E-state index in [-0.39, 0.29) is 17.2 Å². The lowest BCUT2D eigenvalue weighted by Gasteiger charge is -2.21. The number of nitrogens with zero attached hydrogens (tertiary/aromatic N) is 1. The summed E-state index contributed by atoms with van der Waals surface area (Å²) in [5, 5.41) is 12.2. The molecule has 0 saturated carbocycles. The first-order valence-electron chi connectivity index (χ1n) is 6.26. The first-order valence-corrected chi connectivity index (χ1v) is 8.46. The second-order valence-corrected chi connectivity index (χ2v) is 6.97. The number of hydrogen-bond donors (Lipinski definition) is 2. The number of hydrogen-bond acceptors (Lipinski definition) is 5. The smallest absolute Gasteiger partial charge is 0.337 e. The van der Waals surface area contributed by atoms with Crippen molar-refractivity contribution in [3.63, 3.8) is 0 Å². The van der Waals surface area contributed by atoms with Gasteiger partial charge in [-0.1, -0.05) is 0 Å². The van der Waals surface area contributed by atoms with Crippen molar-refractivity contribution in [3.8, 4) is 0 Å². The van der Waals surface area contributed by atoms with Crippen LogP contribution in [0.4, 0.5) is 0 Å². The summed E-state index contributed by atoms with van der Waals surface area (Å²) in [6.45, 7) is 2.21. The molecule has 1 aliphatic rings. The van der Waals surface area contributed by atoms with Crippen LogP contribution in [0.3, 0.4) is 0 Å². The van der Waals surface area contributed by atoms with Crippen LogP contribution in [0.2, 0.25) is 0 Å². The van der Waals surface area contributed by atoms with E-state index in [9.17, 15) is 9.59 Å². The second kappa shape index (κ2) is 6.99. The standard InChI is InChI=1S/C13H16N2O3S2/c1-8-10(13(17)18)2-3-11(15-8)12(16)14-6-9-7-19-4-5-20-9/h2-3,9H,4-7H2,1H3,(H,14,16)(H,17,18). The average Bonchev–Trinajstić information content (AvgIpc) is 2.45. The van der Waals surface area contributed by atoms with Crippen molar-refractivity contribution in [1.29, 1.82) is 0 Å².